The maximum absolute atomic E-state index is 13.7. The largest absolute Gasteiger partial charge is 0.494 e. The smallest absolute Gasteiger partial charge is 0.333 e. The van der Waals surface area contributed by atoms with E-state index in [0.29, 0.717) is 29.6 Å². The summed E-state index contributed by atoms with van der Waals surface area (Å²) in [6, 6.07) is 15.5. The minimum Gasteiger partial charge on any atom is -0.494 e. The van der Waals surface area contributed by atoms with Crippen LogP contribution in [-0.2, 0) is 13.0 Å². The number of pyridine rings is 1. The van der Waals surface area contributed by atoms with Gasteiger partial charge in [0.05, 0.1) is 20.8 Å². The Labute approximate surface area is 219 Å². The van der Waals surface area contributed by atoms with Gasteiger partial charge in [0.25, 0.3) is 0 Å². The van der Waals surface area contributed by atoms with Crippen LogP contribution in [0.5, 0.6) is 11.5 Å². The Balaban J connectivity index is 1.51. The number of aryl methyl sites for hydroxylation is 1. The molecule has 5 aromatic rings. The van der Waals surface area contributed by atoms with Gasteiger partial charge in [-0.05, 0) is 47.4 Å². The Morgan fingerprint density at radius 1 is 0.974 bits per heavy atom. The number of aromatic nitrogens is 7. The van der Waals surface area contributed by atoms with Gasteiger partial charge < -0.3 is 9.47 Å². The SMILES string of the molecule is CCCCc1cn(-c2c(OC)cccc2OC)c(=O)n1Cc1ccc(-c2cnccc2-c2nn[nH]n2)cc1. The molecule has 2 aromatic carbocycles. The molecule has 0 spiro atoms. The van der Waals surface area contributed by atoms with Gasteiger partial charge in [-0.2, -0.15) is 5.21 Å². The van der Waals surface area contributed by atoms with E-state index in [1.807, 2.05) is 59.3 Å². The number of H-pyrrole nitrogens is 1. The standard InChI is InChI=1S/C28H29N7O3/c1-4-5-7-21-18-35(26-24(37-2)8-6-9-25(26)38-3)28(36)34(21)17-19-10-12-20(13-11-19)23-16-29-15-14-22(23)27-30-32-33-31-27/h6,8-16,18H,4-5,7,17H2,1-3H3,(H,30,31,32,33). The van der Waals surface area contributed by atoms with Crippen molar-refractivity contribution in [1.82, 2.24) is 34.7 Å². The van der Waals surface area contributed by atoms with Crippen LogP contribution in [0.15, 0.2) is 71.9 Å². The van der Waals surface area contributed by atoms with E-state index >= 15 is 0 Å². The number of nitrogens with one attached hydrogen (secondary N) is 1. The molecule has 0 unspecified atom stereocenters. The Hall–Kier alpha value is -4.73. The van der Waals surface area contributed by atoms with Crippen molar-refractivity contribution >= 4 is 0 Å². The Bertz CT molecular complexity index is 1550. The second kappa shape index (κ2) is 11.1. The van der Waals surface area contributed by atoms with Crippen LogP contribution in [-0.4, -0.2) is 49.0 Å². The topological polar surface area (TPSA) is 113 Å². The molecule has 0 aliphatic heterocycles. The third-order valence-corrected chi connectivity index (χ3v) is 6.50. The minimum atomic E-state index is -0.144. The number of hydrogen-bond donors (Lipinski definition) is 1. The second-order valence-electron chi connectivity index (χ2n) is 8.83. The molecule has 1 N–H and O–H groups in total. The molecule has 3 aromatic heterocycles. The van der Waals surface area contributed by atoms with Gasteiger partial charge in [0.1, 0.15) is 17.2 Å². The predicted octanol–water partition coefficient (Wildman–Crippen LogP) is 4.29. The van der Waals surface area contributed by atoms with E-state index < -0.39 is 0 Å². The maximum Gasteiger partial charge on any atom is 0.333 e. The molecule has 3 heterocycles. The zero-order chi connectivity index (χ0) is 26.5. The van der Waals surface area contributed by atoms with Gasteiger partial charge in [-0.1, -0.05) is 43.7 Å². The van der Waals surface area contributed by atoms with E-state index in [1.165, 1.54) is 0 Å². The maximum atomic E-state index is 13.7. The van der Waals surface area contributed by atoms with Crippen LogP contribution in [0.4, 0.5) is 0 Å². The van der Waals surface area contributed by atoms with E-state index in [2.05, 4.69) is 32.5 Å². The molecule has 5 rings (SSSR count). The molecular formula is C28H29N7O3. The van der Waals surface area contributed by atoms with E-state index in [4.69, 9.17) is 9.47 Å². The quantitative estimate of drug-likeness (QED) is 0.298. The number of hydrogen-bond acceptors (Lipinski definition) is 7. The number of unbranched alkanes of at least 4 members (excludes halogenated alkanes) is 1. The summed E-state index contributed by atoms with van der Waals surface area (Å²) >= 11 is 0. The average Bonchev–Trinajstić information content (AvgIpc) is 3.61. The molecule has 0 amide bonds. The lowest BCUT2D eigenvalue weighted by Gasteiger charge is -2.13. The van der Waals surface area contributed by atoms with Gasteiger partial charge >= 0.3 is 5.69 Å². The molecule has 0 aliphatic carbocycles. The van der Waals surface area contributed by atoms with Gasteiger partial charge in [-0.25, -0.2) is 4.79 Å². The summed E-state index contributed by atoms with van der Waals surface area (Å²) in [6.45, 7) is 2.58. The fraction of sp³-hybridized carbons (Fsp3) is 0.250. The zero-order valence-electron chi connectivity index (χ0n) is 21.6. The zero-order valence-corrected chi connectivity index (χ0v) is 21.6. The number of benzene rings is 2. The summed E-state index contributed by atoms with van der Waals surface area (Å²) < 4.78 is 14.6. The van der Waals surface area contributed by atoms with Crippen molar-refractivity contribution in [3.63, 3.8) is 0 Å². The summed E-state index contributed by atoms with van der Waals surface area (Å²) in [5.41, 5.74) is 5.12. The fourth-order valence-electron chi connectivity index (χ4n) is 4.55. The molecular weight excluding hydrogens is 482 g/mol. The lowest BCUT2D eigenvalue weighted by Crippen LogP contribution is -2.25. The predicted molar refractivity (Wildman–Crippen MR) is 144 cm³/mol. The normalized spacial score (nSPS) is 11.0. The Kier molecular flexibility index (Phi) is 7.30. The third kappa shape index (κ3) is 4.80. The molecule has 10 heteroatoms. The van der Waals surface area contributed by atoms with Gasteiger partial charge in [0, 0.05) is 35.4 Å². The van der Waals surface area contributed by atoms with Crippen molar-refractivity contribution in [3.8, 4) is 39.7 Å². The molecule has 194 valence electrons. The van der Waals surface area contributed by atoms with Crippen LogP contribution in [0.1, 0.15) is 31.0 Å². The first-order chi connectivity index (χ1) is 18.6. The van der Waals surface area contributed by atoms with Crippen LogP contribution < -0.4 is 15.2 Å². The van der Waals surface area contributed by atoms with Crippen molar-refractivity contribution in [3.05, 3.63) is 88.9 Å². The van der Waals surface area contributed by atoms with Crippen LogP contribution in [0.3, 0.4) is 0 Å². The average molecular weight is 512 g/mol. The summed E-state index contributed by atoms with van der Waals surface area (Å²) in [4.78, 5) is 18.0. The highest BCUT2D eigenvalue weighted by molar-refractivity contribution is 5.79. The summed E-state index contributed by atoms with van der Waals surface area (Å²) in [5, 5.41) is 14.4. The van der Waals surface area contributed by atoms with Crippen LogP contribution in [0, 0.1) is 0 Å². The van der Waals surface area contributed by atoms with Crippen molar-refractivity contribution in [2.45, 2.75) is 32.7 Å². The number of rotatable bonds is 10. The number of methoxy groups -OCH3 is 2. The third-order valence-electron chi connectivity index (χ3n) is 6.50. The van der Waals surface area contributed by atoms with E-state index in [9.17, 15) is 4.79 Å². The lowest BCUT2D eigenvalue weighted by atomic mass is 10.0. The van der Waals surface area contributed by atoms with Gasteiger partial charge in [0.2, 0.25) is 5.82 Å². The highest BCUT2D eigenvalue weighted by Gasteiger charge is 2.19. The van der Waals surface area contributed by atoms with E-state index in [0.717, 1.165) is 47.2 Å². The first-order valence-corrected chi connectivity index (χ1v) is 12.4. The van der Waals surface area contributed by atoms with Crippen molar-refractivity contribution in [1.29, 1.82) is 0 Å². The van der Waals surface area contributed by atoms with Crippen LogP contribution in [0.25, 0.3) is 28.2 Å². The Morgan fingerprint density at radius 3 is 2.39 bits per heavy atom. The van der Waals surface area contributed by atoms with Gasteiger partial charge in [0.15, 0.2) is 0 Å². The van der Waals surface area contributed by atoms with Crippen molar-refractivity contribution in [2.24, 2.45) is 0 Å². The van der Waals surface area contributed by atoms with Crippen LogP contribution >= 0.6 is 0 Å². The van der Waals surface area contributed by atoms with Gasteiger partial charge in [-0.15, -0.1) is 10.2 Å². The molecule has 0 atom stereocenters. The summed E-state index contributed by atoms with van der Waals surface area (Å²) in [5.74, 6) is 1.65. The van der Waals surface area contributed by atoms with Crippen molar-refractivity contribution < 1.29 is 9.47 Å². The number of para-hydroxylation sites is 1. The number of tetrazole rings is 1. The lowest BCUT2D eigenvalue weighted by molar-refractivity contribution is 0.390. The number of imidazole rings is 1. The van der Waals surface area contributed by atoms with Crippen molar-refractivity contribution in [2.75, 3.05) is 14.2 Å². The number of nitrogens with zero attached hydrogens (tertiary/aromatic N) is 6. The molecule has 10 nitrogen and oxygen atoms in total. The molecule has 0 radical (unpaired) electrons. The molecule has 0 bridgehead atoms. The molecule has 0 saturated heterocycles. The highest BCUT2D eigenvalue weighted by atomic mass is 16.5. The number of aromatic amines is 1. The minimum absolute atomic E-state index is 0.144. The molecule has 38 heavy (non-hydrogen) atoms. The molecule has 0 aliphatic rings. The van der Waals surface area contributed by atoms with E-state index in [-0.39, 0.29) is 5.69 Å². The summed E-state index contributed by atoms with van der Waals surface area (Å²) in [6.07, 6.45) is 8.19. The summed E-state index contributed by atoms with van der Waals surface area (Å²) in [7, 11) is 3.18. The first kappa shape index (κ1) is 24.9. The molecule has 0 saturated carbocycles. The van der Waals surface area contributed by atoms with Gasteiger partial charge in [-0.3, -0.25) is 14.1 Å². The van der Waals surface area contributed by atoms with Crippen LogP contribution in [0.2, 0.25) is 0 Å². The van der Waals surface area contributed by atoms with E-state index in [1.54, 1.807) is 31.2 Å². The molecule has 0 fully saturated rings. The first-order valence-electron chi connectivity index (χ1n) is 12.4. The Morgan fingerprint density at radius 2 is 1.74 bits per heavy atom. The monoisotopic (exact) mass is 511 g/mol. The second-order valence-corrected chi connectivity index (χ2v) is 8.83. The highest BCUT2D eigenvalue weighted by Crippen LogP contribution is 2.32. The fourth-order valence-corrected chi connectivity index (χ4v) is 4.55. The number of ether oxygens (including phenoxy) is 2.